The summed E-state index contributed by atoms with van der Waals surface area (Å²) < 4.78 is 1.02. The lowest BCUT2D eigenvalue weighted by atomic mass is 10.2. The summed E-state index contributed by atoms with van der Waals surface area (Å²) >= 11 is 8.56. The van der Waals surface area contributed by atoms with E-state index in [1.807, 2.05) is 32.0 Å². The van der Waals surface area contributed by atoms with Crippen molar-refractivity contribution in [3.05, 3.63) is 28.2 Å². The van der Waals surface area contributed by atoms with Gasteiger partial charge in [-0.3, -0.25) is 0 Å². The minimum absolute atomic E-state index is 0.652. The van der Waals surface area contributed by atoms with E-state index >= 15 is 0 Å². The molecule has 0 aromatic heterocycles. The van der Waals surface area contributed by atoms with E-state index in [9.17, 15) is 0 Å². The number of anilines is 1. The highest BCUT2D eigenvalue weighted by Crippen LogP contribution is 2.23. The van der Waals surface area contributed by atoms with Crippen LogP contribution in [0.3, 0.4) is 0 Å². The molecule has 0 spiro atoms. The standard InChI is InChI=1S/C10H13BrN2S/c1-3-12-10(14)13-9-6-7(2)4-5-8(9)11/h4-6H,3H2,1-2H3,(H2,12,13,14). The zero-order valence-electron chi connectivity index (χ0n) is 8.23. The first kappa shape index (κ1) is 11.5. The fourth-order valence-electron chi connectivity index (χ4n) is 1.06. The minimum atomic E-state index is 0.652. The molecule has 4 heteroatoms. The molecular formula is C10H13BrN2S. The second-order valence-electron chi connectivity index (χ2n) is 2.97. The minimum Gasteiger partial charge on any atom is -0.363 e. The largest absolute Gasteiger partial charge is 0.363 e. The third kappa shape index (κ3) is 3.27. The van der Waals surface area contributed by atoms with Gasteiger partial charge in [0, 0.05) is 11.0 Å². The molecule has 0 saturated carbocycles. The van der Waals surface area contributed by atoms with E-state index in [4.69, 9.17) is 12.2 Å². The molecule has 0 amide bonds. The maximum Gasteiger partial charge on any atom is 0.170 e. The number of hydrogen-bond donors (Lipinski definition) is 2. The summed E-state index contributed by atoms with van der Waals surface area (Å²) in [6.07, 6.45) is 0. The van der Waals surface area contributed by atoms with Crippen molar-refractivity contribution in [1.82, 2.24) is 5.32 Å². The van der Waals surface area contributed by atoms with Gasteiger partial charge in [-0.2, -0.15) is 0 Å². The van der Waals surface area contributed by atoms with Gasteiger partial charge in [-0.1, -0.05) is 6.07 Å². The highest BCUT2D eigenvalue weighted by Gasteiger charge is 2.01. The molecule has 0 aliphatic heterocycles. The molecule has 0 unspecified atom stereocenters. The van der Waals surface area contributed by atoms with E-state index in [0.717, 1.165) is 16.7 Å². The molecular weight excluding hydrogens is 260 g/mol. The van der Waals surface area contributed by atoms with Crippen LogP contribution in [-0.2, 0) is 0 Å². The summed E-state index contributed by atoms with van der Waals surface area (Å²) in [5.74, 6) is 0. The molecule has 0 aliphatic carbocycles. The number of hydrogen-bond acceptors (Lipinski definition) is 1. The molecule has 1 aromatic rings. The quantitative estimate of drug-likeness (QED) is 0.810. The summed E-state index contributed by atoms with van der Waals surface area (Å²) in [5.41, 5.74) is 2.20. The Bertz CT molecular complexity index is 339. The summed E-state index contributed by atoms with van der Waals surface area (Å²) in [5, 5.41) is 6.82. The summed E-state index contributed by atoms with van der Waals surface area (Å²) in [7, 11) is 0. The van der Waals surface area contributed by atoms with Crippen molar-refractivity contribution in [2.24, 2.45) is 0 Å². The summed E-state index contributed by atoms with van der Waals surface area (Å²) in [6.45, 7) is 4.89. The number of halogens is 1. The van der Waals surface area contributed by atoms with Crippen molar-refractivity contribution >= 4 is 38.9 Å². The van der Waals surface area contributed by atoms with Crippen molar-refractivity contribution in [1.29, 1.82) is 0 Å². The first-order valence-electron chi connectivity index (χ1n) is 4.44. The van der Waals surface area contributed by atoms with Crippen LogP contribution in [0.4, 0.5) is 5.69 Å². The molecule has 0 fully saturated rings. The molecule has 0 bridgehead atoms. The van der Waals surface area contributed by atoms with E-state index < -0.39 is 0 Å². The normalized spacial score (nSPS) is 9.64. The fourth-order valence-corrected chi connectivity index (χ4v) is 1.66. The molecule has 76 valence electrons. The van der Waals surface area contributed by atoms with Crippen LogP contribution in [0.15, 0.2) is 22.7 Å². The Balaban J connectivity index is 2.75. The van der Waals surface area contributed by atoms with Gasteiger partial charge in [0.2, 0.25) is 0 Å². The second-order valence-corrected chi connectivity index (χ2v) is 4.23. The third-order valence-electron chi connectivity index (χ3n) is 1.71. The predicted octanol–water partition coefficient (Wildman–Crippen LogP) is 3.06. The highest BCUT2D eigenvalue weighted by atomic mass is 79.9. The molecule has 2 nitrogen and oxygen atoms in total. The zero-order valence-corrected chi connectivity index (χ0v) is 10.6. The van der Waals surface area contributed by atoms with Crippen LogP contribution in [0.25, 0.3) is 0 Å². The van der Waals surface area contributed by atoms with Gasteiger partial charge in [-0.25, -0.2) is 0 Å². The molecule has 0 atom stereocenters. The second kappa shape index (κ2) is 5.32. The van der Waals surface area contributed by atoms with Gasteiger partial charge in [0.25, 0.3) is 0 Å². The van der Waals surface area contributed by atoms with Crippen LogP contribution >= 0.6 is 28.1 Å². The Morgan fingerprint density at radius 1 is 1.50 bits per heavy atom. The first-order valence-corrected chi connectivity index (χ1v) is 5.64. The van der Waals surface area contributed by atoms with Crippen molar-refractivity contribution < 1.29 is 0 Å². The van der Waals surface area contributed by atoms with E-state index in [1.165, 1.54) is 5.56 Å². The van der Waals surface area contributed by atoms with Crippen LogP contribution in [0.1, 0.15) is 12.5 Å². The first-order chi connectivity index (χ1) is 6.63. The molecule has 1 rings (SSSR count). The molecule has 1 aromatic carbocycles. The van der Waals surface area contributed by atoms with E-state index in [2.05, 4.69) is 26.6 Å². The van der Waals surface area contributed by atoms with Gasteiger partial charge >= 0.3 is 0 Å². The topological polar surface area (TPSA) is 24.1 Å². The molecule has 0 radical (unpaired) electrons. The van der Waals surface area contributed by atoms with Crippen molar-refractivity contribution in [3.63, 3.8) is 0 Å². The summed E-state index contributed by atoms with van der Waals surface area (Å²) in [6, 6.07) is 6.10. The number of benzene rings is 1. The van der Waals surface area contributed by atoms with Gasteiger partial charge in [0.1, 0.15) is 0 Å². The molecule has 14 heavy (non-hydrogen) atoms. The smallest absolute Gasteiger partial charge is 0.170 e. The Morgan fingerprint density at radius 2 is 2.21 bits per heavy atom. The van der Waals surface area contributed by atoms with Crippen molar-refractivity contribution in [3.8, 4) is 0 Å². The Kier molecular flexibility index (Phi) is 4.35. The lowest BCUT2D eigenvalue weighted by molar-refractivity contribution is 0.979. The zero-order chi connectivity index (χ0) is 10.6. The lowest BCUT2D eigenvalue weighted by Crippen LogP contribution is -2.28. The molecule has 2 N–H and O–H groups in total. The average Bonchev–Trinajstić information content (AvgIpc) is 2.12. The van der Waals surface area contributed by atoms with Gasteiger partial charge < -0.3 is 10.6 Å². The SMILES string of the molecule is CCNC(=S)Nc1cc(C)ccc1Br. The molecule has 0 aliphatic rings. The Labute approximate surface area is 98.2 Å². The third-order valence-corrected chi connectivity index (χ3v) is 2.65. The number of nitrogens with one attached hydrogen (secondary N) is 2. The fraction of sp³-hybridized carbons (Fsp3) is 0.300. The van der Waals surface area contributed by atoms with Gasteiger partial charge in [-0.15, -0.1) is 0 Å². The van der Waals surface area contributed by atoms with E-state index in [1.54, 1.807) is 0 Å². The Morgan fingerprint density at radius 3 is 2.86 bits per heavy atom. The van der Waals surface area contributed by atoms with Crippen LogP contribution in [-0.4, -0.2) is 11.7 Å². The average molecular weight is 273 g/mol. The molecule has 0 saturated heterocycles. The maximum atomic E-state index is 5.10. The van der Waals surface area contributed by atoms with Crippen LogP contribution < -0.4 is 10.6 Å². The molecule has 0 heterocycles. The predicted molar refractivity (Wildman–Crippen MR) is 68.8 cm³/mol. The van der Waals surface area contributed by atoms with Gasteiger partial charge in [0.15, 0.2) is 5.11 Å². The van der Waals surface area contributed by atoms with Crippen molar-refractivity contribution in [2.75, 3.05) is 11.9 Å². The van der Waals surface area contributed by atoms with Crippen LogP contribution in [0, 0.1) is 6.92 Å². The van der Waals surface area contributed by atoms with Crippen molar-refractivity contribution in [2.45, 2.75) is 13.8 Å². The van der Waals surface area contributed by atoms with Crippen LogP contribution in [0.2, 0.25) is 0 Å². The highest BCUT2D eigenvalue weighted by molar-refractivity contribution is 9.10. The maximum absolute atomic E-state index is 5.10. The lowest BCUT2D eigenvalue weighted by Gasteiger charge is -2.10. The number of rotatable bonds is 2. The van der Waals surface area contributed by atoms with Gasteiger partial charge in [0.05, 0.1) is 5.69 Å². The van der Waals surface area contributed by atoms with Crippen LogP contribution in [0.5, 0.6) is 0 Å². The van der Waals surface area contributed by atoms with Gasteiger partial charge in [-0.05, 0) is 59.7 Å². The number of aryl methyl sites for hydroxylation is 1. The van der Waals surface area contributed by atoms with E-state index in [-0.39, 0.29) is 0 Å². The van der Waals surface area contributed by atoms with E-state index in [0.29, 0.717) is 5.11 Å². The monoisotopic (exact) mass is 272 g/mol. The Hall–Kier alpha value is -0.610. The number of thiocarbonyl (C=S) groups is 1. The summed E-state index contributed by atoms with van der Waals surface area (Å²) in [4.78, 5) is 0.